The van der Waals surface area contributed by atoms with Crippen LogP contribution < -0.4 is 5.32 Å². The van der Waals surface area contributed by atoms with Crippen molar-refractivity contribution in [3.63, 3.8) is 0 Å². The molecule has 2 aromatic heterocycles. The van der Waals surface area contributed by atoms with Gasteiger partial charge in [-0.3, -0.25) is 4.79 Å². The lowest BCUT2D eigenvalue weighted by Gasteiger charge is -2.27. The summed E-state index contributed by atoms with van der Waals surface area (Å²) in [4.78, 5) is 13.1. The topological polar surface area (TPSA) is 49.3 Å². The van der Waals surface area contributed by atoms with Gasteiger partial charge in [-0.15, -0.1) is 11.3 Å². The molecular formula is C17H14ClNO2S2. The van der Waals surface area contributed by atoms with Gasteiger partial charge < -0.3 is 10.4 Å². The van der Waals surface area contributed by atoms with Gasteiger partial charge in [0.15, 0.2) is 0 Å². The molecule has 3 rings (SSSR count). The van der Waals surface area contributed by atoms with Crippen molar-refractivity contribution in [3.05, 3.63) is 79.6 Å². The minimum absolute atomic E-state index is 0.103. The number of nitrogens with one attached hydrogen (secondary N) is 1. The van der Waals surface area contributed by atoms with Gasteiger partial charge in [0.05, 0.1) is 6.54 Å². The summed E-state index contributed by atoms with van der Waals surface area (Å²) in [5.41, 5.74) is 0.0607. The first-order chi connectivity index (χ1) is 11.1. The maximum atomic E-state index is 12.3. The molecule has 118 valence electrons. The smallest absolute Gasteiger partial charge is 0.251 e. The van der Waals surface area contributed by atoms with E-state index in [1.807, 2.05) is 34.3 Å². The van der Waals surface area contributed by atoms with Crippen LogP contribution >= 0.6 is 34.3 Å². The van der Waals surface area contributed by atoms with E-state index in [2.05, 4.69) is 5.32 Å². The summed E-state index contributed by atoms with van der Waals surface area (Å²) >= 11 is 8.81. The van der Waals surface area contributed by atoms with E-state index in [1.165, 1.54) is 22.7 Å². The predicted molar refractivity (Wildman–Crippen MR) is 95.4 cm³/mol. The van der Waals surface area contributed by atoms with Crippen LogP contribution in [-0.4, -0.2) is 17.6 Å². The number of benzene rings is 1. The molecule has 1 unspecified atom stereocenters. The van der Waals surface area contributed by atoms with Gasteiger partial charge in [-0.25, -0.2) is 0 Å². The van der Waals surface area contributed by atoms with E-state index in [9.17, 15) is 9.90 Å². The Morgan fingerprint density at radius 2 is 1.96 bits per heavy atom. The Labute approximate surface area is 147 Å². The monoisotopic (exact) mass is 363 g/mol. The molecule has 2 N–H and O–H groups in total. The van der Waals surface area contributed by atoms with E-state index in [1.54, 1.807) is 24.3 Å². The number of carbonyl (C=O) groups is 1. The van der Waals surface area contributed by atoms with Crippen LogP contribution in [0.3, 0.4) is 0 Å². The third-order valence-electron chi connectivity index (χ3n) is 3.54. The Balaban J connectivity index is 1.80. The molecular weight excluding hydrogens is 350 g/mol. The lowest BCUT2D eigenvalue weighted by Crippen LogP contribution is -2.40. The molecule has 0 spiro atoms. The number of carbonyl (C=O) groups excluding carboxylic acids is 1. The summed E-state index contributed by atoms with van der Waals surface area (Å²) in [5.74, 6) is -0.244. The lowest BCUT2D eigenvalue weighted by molar-refractivity contribution is 0.0721. The fourth-order valence-corrected chi connectivity index (χ4v) is 3.95. The van der Waals surface area contributed by atoms with Crippen molar-refractivity contribution in [2.75, 3.05) is 6.54 Å². The van der Waals surface area contributed by atoms with E-state index in [4.69, 9.17) is 11.6 Å². The average molecular weight is 364 g/mol. The largest absolute Gasteiger partial charge is 0.378 e. The van der Waals surface area contributed by atoms with Gasteiger partial charge >= 0.3 is 0 Å². The Hall–Kier alpha value is -1.66. The molecule has 0 aliphatic carbocycles. The van der Waals surface area contributed by atoms with Gasteiger partial charge in [-0.2, -0.15) is 11.3 Å². The van der Waals surface area contributed by atoms with Crippen molar-refractivity contribution in [2.45, 2.75) is 5.60 Å². The molecule has 0 aliphatic rings. The Morgan fingerprint density at radius 1 is 1.17 bits per heavy atom. The molecule has 6 heteroatoms. The maximum absolute atomic E-state index is 12.3. The van der Waals surface area contributed by atoms with E-state index < -0.39 is 5.60 Å². The second kappa shape index (κ2) is 6.84. The Morgan fingerprint density at radius 3 is 2.57 bits per heavy atom. The minimum atomic E-state index is -1.23. The Kier molecular flexibility index (Phi) is 4.82. The van der Waals surface area contributed by atoms with Crippen molar-refractivity contribution in [3.8, 4) is 0 Å². The highest BCUT2D eigenvalue weighted by molar-refractivity contribution is 7.10. The second-order valence-electron chi connectivity index (χ2n) is 5.04. The molecule has 0 saturated carbocycles. The SMILES string of the molecule is O=C(NCC(O)(c1ccsc1)c1cccs1)c1ccc(Cl)cc1. The summed E-state index contributed by atoms with van der Waals surface area (Å²) in [5, 5.41) is 20.3. The fraction of sp³-hybridized carbons (Fsp3) is 0.118. The van der Waals surface area contributed by atoms with Gasteiger partial charge in [0, 0.05) is 21.0 Å². The maximum Gasteiger partial charge on any atom is 0.251 e. The average Bonchev–Trinajstić information content (AvgIpc) is 3.26. The molecule has 23 heavy (non-hydrogen) atoms. The summed E-state index contributed by atoms with van der Waals surface area (Å²) in [6, 6.07) is 12.3. The van der Waals surface area contributed by atoms with E-state index in [0.717, 1.165) is 10.4 Å². The summed E-state index contributed by atoms with van der Waals surface area (Å²) in [6.07, 6.45) is 0. The highest BCUT2D eigenvalue weighted by atomic mass is 35.5. The third-order valence-corrected chi connectivity index (χ3v) is 5.49. The molecule has 3 nitrogen and oxygen atoms in total. The van der Waals surface area contributed by atoms with Crippen LogP contribution in [0, 0.1) is 0 Å². The van der Waals surface area contributed by atoms with Gasteiger partial charge in [0.25, 0.3) is 5.91 Å². The van der Waals surface area contributed by atoms with Crippen molar-refractivity contribution >= 4 is 40.2 Å². The van der Waals surface area contributed by atoms with Gasteiger partial charge in [0.1, 0.15) is 5.60 Å². The van der Waals surface area contributed by atoms with E-state index in [0.29, 0.717) is 10.6 Å². The first-order valence-corrected chi connectivity index (χ1v) is 9.12. The highest BCUT2D eigenvalue weighted by Crippen LogP contribution is 2.33. The number of amides is 1. The third kappa shape index (κ3) is 3.48. The van der Waals surface area contributed by atoms with E-state index >= 15 is 0 Å². The van der Waals surface area contributed by atoms with Crippen molar-refractivity contribution in [1.82, 2.24) is 5.32 Å². The van der Waals surface area contributed by atoms with Crippen molar-refractivity contribution < 1.29 is 9.90 Å². The first kappa shape index (κ1) is 16.2. The number of hydrogen-bond acceptors (Lipinski definition) is 4. The fourth-order valence-electron chi connectivity index (χ4n) is 2.26. The van der Waals surface area contributed by atoms with Crippen LogP contribution in [-0.2, 0) is 5.60 Å². The molecule has 0 saturated heterocycles. The molecule has 2 heterocycles. The van der Waals surface area contributed by atoms with Crippen LogP contribution in [0.1, 0.15) is 20.8 Å². The summed E-state index contributed by atoms with van der Waals surface area (Å²) < 4.78 is 0. The predicted octanol–water partition coefficient (Wildman–Crippen LogP) is 4.13. The van der Waals surface area contributed by atoms with E-state index in [-0.39, 0.29) is 12.5 Å². The lowest BCUT2D eigenvalue weighted by atomic mass is 9.94. The highest BCUT2D eigenvalue weighted by Gasteiger charge is 2.33. The molecule has 1 aromatic carbocycles. The van der Waals surface area contributed by atoms with Gasteiger partial charge in [-0.05, 0) is 52.5 Å². The Bertz CT molecular complexity index is 733. The molecule has 1 amide bonds. The minimum Gasteiger partial charge on any atom is -0.378 e. The zero-order valence-corrected chi connectivity index (χ0v) is 14.4. The number of thiophene rings is 2. The van der Waals surface area contributed by atoms with Crippen molar-refractivity contribution in [1.29, 1.82) is 0 Å². The molecule has 0 radical (unpaired) electrons. The molecule has 0 aliphatic heterocycles. The summed E-state index contributed by atoms with van der Waals surface area (Å²) in [6.45, 7) is 0.103. The number of hydrogen-bond donors (Lipinski definition) is 2. The molecule has 0 fully saturated rings. The van der Waals surface area contributed by atoms with Gasteiger partial charge in [0.2, 0.25) is 0 Å². The van der Waals surface area contributed by atoms with Crippen molar-refractivity contribution in [2.24, 2.45) is 0 Å². The van der Waals surface area contributed by atoms with Crippen LogP contribution in [0.4, 0.5) is 0 Å². The zero-order valence-electron chi connectivity index (χ0n) is 12.0. The number of halogens is 1. The quantitative estimate of drug-likeness (QED) is 0.716. The van der Waals surface area contributed by atoms with Crippen LogP contribution in [0.5, 0.6) is 0 Å². The summed E-state index contributed by atoms with van der Waals surface area (Å²) in [7, 11) is 0. The molecule has 0 bridgehead atoms. The van der Waals surface area contributed by atoms with Crippen LogP contribution in [0.15, 0.2) is 58.6 Å². The van der Waals surface area contributed by atoms with Gasteiger partial charge in [-0.1, -0.05) is 17.7 Å². The zero-order chi connectivity index (χ0) is 16.3. The van der Waals surface area contributed by atoms with Crippen LogP contribution in [0.25, 0.3) is 0 Å². The second-order valence-corrected chi connectivity index (χ2v) is 7.20. The standard InChI is InChI=1S/C17H14ClNO2S2/c18-14-5-3-12(4-6-14)16(20)19-11-17(21,13-7-9-22-10-13)15-2-1-8-23-15/h1-10,21H,11H2,(H,19,20). The molecule has 3 aromatic rings. The first-order valence-electron chi connectivity index (χ1n) is 6.92. The molecule has 1 atom stereocenters. The number of rotatable bonds is 5. The number of aliphatic hydroxyl groups is 1. The normalized spacial score (nSPS) is 13.5. The van der Waals surface area contributed by atoms with Crippen LogP contribution in [0.2, 0.25) is 5.02 Å².